The number of halogens is 2. The number of likely N-dealkylation sites (N-methyl/N-ethyl adjacent to an activating group) is 1. The van der Waals surface area contributed by atoms with Gasteiger partial charge in [0, 0.05) is 6.54 Å². The van der Waals surface area contributed by atoms with E-state index in [4.69, 9.17) is 9.47 Å². The number of hydrogen-bond acceptors (Lipinski definition) is 4. The lowest BCUT2D eigenvalue weighted by molar-refractivity contribution is -0.143. The van der Waals surface area contributed by atoms with Gasteiger partial charge in [-0.3, -0.25) is 9.59 Å². The number of anilines is 1. The second-order valence-corrected chi connectivity index (χ2v) is 5.86. The highest BCUT2D eigenvalue weighted by Gasteiger charge is 2.31. The quantitative estimate of drug-likeness (QED) is 0.871. The number of amides is 2. The van der Waals surface area contributed by atoms with Gasteiger partial charge in [-0.15, -0.1) is 0 Å². The van der Waals surface area contributed by atoms with E-state index in [-0.39, 0.29) is 19.7 Å². The van der Waals surface area contributed by atoms with Crippen LogP contribution in [0.5, 0.6) is 11.5 Å². The van der Waals surface area contributed by atoms with Gasteiger partial charge in [-0.1, -0.05) is 18.2 Å². The molecule has 1 aliphatic rings. The zero-order chi connectivity index (χ0) is 19.4. The van der Waals surface area contributed by atoms with Gasteiger partial charge in [0.1, 0.15) is 23.9 Å². The second kappa shape index (κ2) is 8.03. The molecule has 0 fully saturated rings. The van der Waals surface area contributed by atoms with E-state index >= 15 is 0 Å². The molecular formula is C19H18F2N2O4. The molecule has 1 N–H and O–H groups in total. The van der Waals surface area contributed by atoms with Crippen LogP contribution in [-0.4, -0.2) is 42.5 Å². The average Bonchev–Trinajstić information content (AvgIpc) is 2.68. The lowest BCUT2D eigenvalue weighted by atomic mass is 10.2. The van der Waals surface area contributed by atoms with E-state index in [1.165, 1.54) is 11.0 Å². The van der Waals surface area contributed by atoms with Crippen LogP contribution in [0, 0.1) is 11.6 Å². The molecule has 0 saturated carbocycles. The van der Waals surface area contributed by atoms with Crippen molar-refractivity contribution < 1.29 is 27.8 Å². The summed E-state index contributed by atoms with van der Waals surface area (Å²) in [6, 6.07) is 10.2. The van der Waals surface area contributed by atoms with Gasteiger partial charge in [-0.25, -0.2) is 8.78 Å². The highest BCUT2D eigenvalue weighted by Crippen LogP contribution is 2.31. The summed E-state index contributed by atoms with van der Waals surface area (Å²) in [5, 5.41) is 2.16. The number of carbonyl (C=O) groups is 2. The molecule has 2 aromatic rings. The molecule has 0 unspecified atom stereocenters. The maximum Gasteiger partial charge on any atom is 0.267 e. The molecule has 0 saturated heterocycles. The first-order valence-corrected chi connectivity index (χ1v) is 8.40. The van der Waals surface area contributed by atoms with Crippen LogP contribution in [0.25, 0.3) is 0 Å². The molecule has 8 heteroatoms. The van der Waals surface area contributed by atoms with Gasteiger partial charge in [0.05, 0.1) is 6.54 Å². The van der Waals surface area contributed by atoms with E-state index in [0.717, 1.165) is 12.1 Å². The Hall–Kier alpha value is -3.16. The fourth-order valence-corrected chi connectivity index (χ4v) is 2.66. The first-order chi connectivity index (χ1) is 13.0. The standard InChI is InChI=1S/C19H18F2N2O4/c1-2-23(10-17(24)22-18-12(20)6-5-7-13(18)21)19(25)16-11-26-14-8-3-4-9-15(14)27-16/h3-9,16H,2,10-11H2,1H3,(H,22,24)/t16-/m1/s1. The summed E-state index contributed by atoms with van der Waals surface area (Å²) in [5.41, 5.74) is -0.544. The van der Waals surface area contributed by atoms with Crippen molar-refractivity contribution in [1.82, 2.24) is 4.90 Å². The SMILES string of the molecule is CCN(CC(=O)Nc1c(F)cccc1F)C(=O)[C@H]1COc2ccccc2O1. The van der Waals surface area contributed by atoms with Crippen molar-refractivity contribution in [2.24, 2.45) is 0 Å². The van der Waals surface area contributed by atoms with Crippen LogP contribution in [0.15, 0.2) is 42.5 Å². The summed E-state index contributed by atoms with van der Waals surface area (Å²) < 4.78 is 38.5. The largest absolute Gasteiger partial charge is 0.485 e. The lowest BCUT2D eigenvalue weighted by Crippen LogP contribution is -2.48. The van der Waals surface area contributed by atoms with Crippen LogP contribution in [0.3, 0.4) is 0 Å². The number of benzene rings is 2. The minimum Gasteiger partial charge on any atom is -0.485 e. The molecule has 142 valence electrons. The van der Waals surface area contributed by atoms with Crippen LogP contribution in [0.1, 0.15) is 6.92 Å². The molecule has 3 rings (SSSR count). The molecule has 0 radical (unpaired) electrons. The molecule has 0 aliphatic carbocycles. The zero-order valence-electron chi connectivity index (χ0n) is 14.6. The molecule has 27 heavy (non-hydrogen) atoms. The number of rotatable bonds is 5. The molecule has 2 amide bonds. The zero-order valence-corrected chi connectivity index (χ0v) is 14.6. The Labute approximate surface area is 154 Å². The van der Waals surface area contributed by atoms with Crippen molar-refractivity contribution in [2.45, 2.75) is 13.0 Å². The third-order valence-corrected chi connectivity index (χ3v) is 4.04. The Morgan fingerprint density at radius 1 is 1.11 bits per heavy atom. The topological polar surface area (TPSA) is 67.9 Å². The van der Waals surface area contributed by atoms with Crippen LogP contribution < -0.4 is 14.8 Å². The molecule has 2 aromatic carbocycles. The van der Waals surface area contributed by atoms with Crippen molar-refractivity contribution in [3.63, 3.8) is 0 Å². The maximum absolute atomic E-state index is 13.6. The van der Waals surface area contributed by atoms with E-state index in [1.54, 1.807) is 31.2 Å². The molecule has 1 heterocycles. The molecule has 0 bridgehead atoms. The Bertz CT molecular complexity index is 839. The van der Waals surface area contributed by atoms with Gasteiger partial charge in [0.15, 0.2) is 11.5 Å². The fraction of sp³-hybridized carbons (Fsp3) is 0.263. The predicted octanol–water partition coefficient (Wildman–Crippen LogP) is 2.59. The van der Waals surface area contributed by atoms with Crippen molar-refractivity contribution in [2.75, 3.05) is 25.0 Å². The highest BCUT2D eigenvalue weighted by atomic mass is 19.1. The van der Waals surface area contributed by atoms with E-state index in [9.17, 15) is 18.4 Å². The number of fused-ring (bicyclic) bond motifs is 1. The molecule has 0 spiro atoms. The summed E-state index contributed by atoms with van der Waals surface area (Å²) in [6.07, 6.45) is -0.905. The number of hydrogen-bond donors (Lipinski definition) is 1. The van der Waals surface area contributed by atoms with E-state index in [1.807, 2.05) is 0 Å². The van der Waals surface area contributed by atoms with E-state index < -0.39 is 35.2 Å². The van der Waals surface area contributed by atoms with Crippen LogP contribution in [0.4, 0.5) is 14.5 Å². The number of ether oxygens (including phenoxy) is 2. The Kier molecular flexibility index (Phi) is 5.54. The number of para-hydroxylation sites is 3. The smallest absolute Gasteiger partial charge is 0.267 e. The van der Waals surface area contributed by atoms with Gasteiger partial charge in [-0.2, -0.15) is 0 Å². The predicted molar refractivity (Wildman–Crippen MR) is 93.6 cm³/mol. The normalized spacial score (nSPS) is 15.1. The Morgan fingerprint density at radius 2 is 1.78 bits per heavy atom. The van der Waals surface area contributed by atoms with E-state index in [2.05, 4.69) is 5.32 Å². The van der Waals surface area contributed by atoms with Gasteiger partial charge in [-0.05, 0) is 31.2 Å². The Morgan fingerprint density at radius 3 is 2.44 bits per heavy atom. The maximum atomic E-state index is 13.6. The number of carbonyl (C=O) groups excluding carboxylic acids is 2. The summed E-state index contributed by atoms with van der Waals surface area (Å²) in [5.74, 6) is -1.97. The fourth-order valence-electron chi connectivity index (χ4n) is 2.66. The molecule has 0 aromatic heterocycles. The molecule has 1 aliphatic heterocycles. The van der Waals surface area contributed by atoms with E-state index in [0.29, 0.717) is 11.5 Å². The molecule has 1 atom stereocenters. The van der Waals surface area contributed by atoms with Gasteiger partial charge in [0.25, 0.3) is 5.91 Å². The number of nitrogens with zero attached hydrogens (tertiary/aromatic N) is 1. The third-order valence-electron chi connectivity index (χ3n) is 4.04. The minimum atomic E-state index is -0.905. The molecular weight excluding hydrogens is 358 g/mol. The summed E-state index contributed by atoms with van der Waals surface area (Å²) in [7, 11) is 0. The summed E-state index contributed by atoms with van der Waals surface area (Å²) >= 11 is 0. The highest BCUT2D eigenvalue weighted by molar-refractivity contribution is 5.95. The first kappa shape index (κ1) is 18.6. The monoisotopic (exact) mass is 376 g/mol. The second-order valence-electron chi connectivity index (χ2n) is 5.86. The first-order valence-electron chi connectivity index (χ1n) is 8.40. The van der Waals surface area contributed by atoms with Gasteiger partial charge < -0.3 is 19.7 Å². The average molecular weight is 376 g/mol. The van der Waals surface area contributed by atoms with Crippen LogP contribution in [0.2, 0.25) is 0 Å². The summed E-state index contributed by atoms with van der Waals surface area (Å²) in [4.78, 5) is 26.0. The van der Waals surface area contributed by atoms with Crippen molar-refractivity contribution in [3.05, 3.63) is 54.1 Å². The minimum absolute atomic E-state index is 0.00983. The number of nitrogens with one attached hydrogen (secondary N) is 1. The van der Waals surface area contributed by atoms with Gasteiger partial charge in [0.2, 0.25) is 12.0 Å². The van der Waals surface area contributed by atoms with Crippen LogP contribution >= 0.6 is 0 Å². The van der Waals surface area contributed by atoms with Crippen LogP contribution in [-0.2, 0) is 9.59 Å². The molecule has 6 nitrogen and oxygen atoms in total. The Balaban J connectivity index is 1.65. The van der Waals surface area contributed by atoms with Crippen molar-refractivity contribution in [3.8, 4) is 11.5 Å². The van der Waals surface area contributed by atoms with Gasteiger partial charge >= 0.3 is 0 Å². The third kappa shape index (κ3) is 4.16. The lowest BCUT2D eigenvalue weighted by Gasteiger charge is -2.29. The summed E-state index contributed by atoms with van der Waals surface area (Å²) in [6.45, 7) is 1.54. The van der Waals surface area contributed by atoms with Crippen molar-refractivity contribution >= 4 is 17.5 Å². The van der Waals surface area contributed by atoms with Crippen molar-refractivity contribution in [1.29, 1.82) is 0 Å².